The summed E-state index contributed by atoms with van der Waals surface area (Å²) >= 11 is 26.7. The van der Waals surface area contributed by atoms with E-state index in [4.69, 9.17) is 45.0 Å². The molecule has 8 heteroatoms. The molecule has 34 heavy (non-hydrogen) atoms. The van der Waals surface area contributed by atoms with Crippen molar-refractivity contribution in [1.29, 1.82) is 0 Å². The van der Waals surface area contributed by atoms with E-state index in [1.54, 1.807) is 0 Å². The molecular weight excluding hydrogens is 544 g/mol. The molecule has 0 spiro atoms. The minimum absolute atomic E-state index is 0.350. The van der Waals surface area contributed by atoms with Crippen LogP contribution in [0.4, 0.5) is 11.4 Å². The number of hydrogen-bond acceptors (Lipinski definition) is 2. The van der Waals surface area contributed by atoms with E-state index < -0.39 is 13.6 Å². The Morgan fingerprint density at radius 2 is 0.765 bits per heavy atom. The van der Waals surface area contributed by atoms with Crippen LogP contribution in [-0.4, -0.2) is 13.1 Å². The number of para-hydroxylation sites is 2. The summed E-state index contributed by atoms with van der Waals surface area (Å²) in [5, 5.41) is 0. The zero-order valence-electron chi connectivity index (χ0n) is 21.5. The molecule has 0 aromatic heterocycles. The Kier molecular flexibility index (Phi) is 12.1. The first-order valence-corrected chi connectivity index (χ1v) is 18.1. The van der Waals surface area contributed by atoms with Crippen molar-refractivity contribution in [2.45, 2.75) is 79.1 Å². The van der Waals surface area contributed by atoms with Gasteiger partial charge in [-0.05, 0) is 45.9 Å². The van der Waals surface area contributed by atoms with Crippen molar-refractivity contribution >= 4 is 69.9 Å². The predicted molar refractivity (Wildman–Crippen MR) is 161 cm³/mol. The van der Waals surface area contributed by atoms with Gasteiger partial charge in [0.05, 0.1) is 0 Å². The van der Waals surface area contributed by atoms with Crippen molar-refractivity contribution < 1.29 is 0 Å². The highest BCUT2D eigenvalue weighted by molar-refractivity contribution is 8.05. The topological polar surface area (TPSA) is 6.48 Å². The van der Waals surface area contributed by atoms with Gasteiger partial charge in [0.2, 0.25) is 0 Å². The third kappa shape index (κ3) is 7.31. The molecule has 2 aromatic carbocycles. The summed E-state index contributed by atoms with van der Waals surface area (Å²) in [6.07, 6.45) is 0. The number of halogens is 4. The molecule has 2 nitrogen and oxygen atoms in total. The number of anilines is 2. The average molecular weight is 582 g/mol. The lowest BCUT2D eigenvalue weighted by Gasteiger charge is -2.36. The van der Waals surface area contributed by atoms with Crippen LogP contribution in [-0.2, 0) is 0 Å². The minimum Gasteiger partial charge on any atom is -0.324 e. The van der Waals surface area contributed by atoms with Gasteiger partial charge in [0.25, 0.3) is 0 Å². The van der Waals surface area contributed by atoms with E-state index >= 15 is 0 Å². The highest BCUT2D eigenvalue weighted by Gasteiger charge is 2.28. The maximum absolute atomic E-state index is 6.68. The second kappa shape index (κ2) is 13.6. The van der Waals surface area contributed by atoms with Gasteiger partial charge in [-0.25, -0.2) is 0 Å². The van der Waals surface area contributed by atoms with E-state index in [1.165, 1.54) is 22.3 Å². The van der Waals surface area contributed by atoms with E-state index in [1.807, 2.05) is 0 Å². The minimum atomic E-state index is -1.41. The Morgan fingerprint density at radius 1 is 0.529 bits per heavy atom. The molecule has 0 N–H and O–H groups in total. The van der Waals surface area contributed by atoms with Gasteiger partial charge in [-0.2, -0.15) is 0 Å². The fraction of sp³-hybridized carbons (Fsp3) is 0.538. The molecule has 0 heterocycles. The molecule has 0 bridgehead atoms. The molecular formula is C26H38Cl4N2P2. The van der Waals surface area contributed by atoms with Crippen LogP contribution in [0.2, 0.25) is 0 Å². The van der Waals surface area contributed by atoms with E-state index in [2.05, 4.69) is 101 Å². The van der Waals surface area contributed by atoms with Crippen LogP contribution in [0.25, 0.3) is 0 Å². The predicted octanol–water partition coefficient (Wildman–Crippen LogP) is 11.9. The molecule has 2 aromatic rings. The molecule has 0 unspecified atom stereocenters. The van der Waals surface area contributed by atoms with Crippen LogP contribution >= 0.6 is 58.5 Å². The Balaban J connectivity index is 2.57. The normalized spacial score (nSPS) is 12.2. The van der Waals surface area contributed by atoms with Gasteiger partial charge in [0, 0.05) is 24.5 Å². The Hall–Kier alpha value is 0.0600. The molecule has 0 radical (unpaired) electrons. The molecule has 0 aliphatic heterocycles. The van der Waals surface area contributed by atoms with Gasteiger partial charge in [-0.15, -0.1) is 0 Å². The average Bonchev–Trinajstić information content (AvgIpc) is 2.75. The zero-order valence-corrected chi connectivity index (χ0v) is 26.3. The summed E-state index contributed by atoms with van der Waals surface area (Å²) in [6, 6.07) is 13.0. The molecule has 0 aliphatic rings. The first-order chi connectivity index (χ1) is 15.9. The fourth-order valence-corrected chi connectivity index (χ4v) is 7.39. The summed E-state index contributed by atoms with van der Waals surface area (Å²) in [7, 11) is 0. The standard InChI is InChI=1S/C26H38Cl4N2P2/c1-17(2)21-11-9-12-22(18(3)4)25(21)31(33(27)28)15-16-32(34(29)30)26-23(19(5)6)13-10-14-24(26)20(7)8/h9-14,17-20H,15-16H2,1-8H3. The number of nitrogens with zero attached hydrogens (tertiary/aromatic N) is 2. The zero-order chi connectivity index (χ0) is 25.7. The first kappa shape index (κ1) is 30.3. The first-order valence-electron chi connectivity index (χ1n) is 11.9. The smallest absolute Gasteiger partial charge is 0.187 e. The lowest BCUT2D eigenvalue weighted by molar-refractivity contribution is 0.811. The summed E-state index contributed by atoms with van der Waals surface area (Å²) in [6.45, 7) is 16.1. The maximum atomic E-state index is 6.68. The van der Waals surface area contributed by atoms with Gasteiger partial charge >= 0.3 is 0 Å². The second-order valence-electron chi connectivity index (χ2n) is 9.87. The summed E-state index contributed by atoms with van der Waals surface area (Å²) in [4.78, 5) is 0. The van der Waals surface area contributed by atoms with E-state index in [0.717, 1.165) is 11.4 Å². The van der Waals surface area contributed by atoms with Crippen molar-refractivity contribution in [3.05, 3.63) is 58.7 Å². The Labute approximate surface area is 229 Å². The molecule has 0 saturated heterocycles. The quantitative estimate of drug-likeness (QED) is 0.243. The molecule has 0 saturated carbocycles. The van der Waals surface area contributed by atoms with Crippen molar-refractivity contribution in [3.63, 3.8) is 0 Å². The summed E-state index contributed by atoms with van der Waals surface area (Å²) in [5.41, 5.74) is 7.34. The molecule has 2 rings (SSSR count). The van der Waals surface area contributed by atoms with Gasteiger partial charge in [-0.3, -0.25) is 0 Å². The molecule has 0 fully saturated rings. The van der Waals surface area contributed by atoms with Crippen LogP contribution in [0.5, 0.6) is 0 Å². The third-order valence-electron chi connectivity index (χ3n) is 6.09. The Morgan fingerprint density at radius 3 is 0.941 bits per heavy atom. The van der Waals surface area contributed by atoms with E-state index in [0.29, 0.717) is 36.8 Å². The molecule has 0 aliphatic carbocycles. The molecule has 0 amide bonds. The van der Waals surface area contributed by atoms with Crippen LogP contribution in [0.15, 0.2) is 36.4 Å². The van der Waals surface area contributed by atoms with Gasteiger partial charge < -0.3 is 9.34 Å². The van der Waals surface area contributed by atoms with Gasteiger partial charge in [-0.1, -0.05) is 137 Å². The summed E-state index contributed by atoms with van der Waals surface area (Å²) < 4.78 is 4.32. The highest BCUT2D eigenvalue weighted by atomic mass is 35.9. The Bertz CT molecular complexity index is 805. The van der Waals surface area contributed by atoms with Crippen LogP contribution in [0.3, 0.4) is 0 Å². The largest absolute Gasteiger partial charge is 0.324 e. The van der Waals surface area contributed by atoms with Crippen molar-refractivity contribution in [2.24, 2.45) is 0 Å². The lowest BCUT2D eigenvalue weighted by atomic mass is 9.92. The van der Waals surface area contributed by atoms with Gasteiger partial charge in [0.1, 0.15) is 0 Å². The summed E-state index contributed by atoms with van der Waals surface area (Å²) in [5.74, 6) is 1.40. The van der Waals surface area contributed by atoms with Gasteiger partial charge in [0.15, 0.2) is 13.6 Å². The maximum Gasteiger partial charge on any atom is 0.187 e. The highest BCUT2D eigenvalue weighted by Crippen LogP contribution is 2.58. The van der Waals surface area contributed by atoms with Crippen molar-refractivity contribution in [1.82, 2.24) is 0 Å². The van der Waals surface area contributed by atoms with Crippen molar-refractivity contribution in [3.8, 4) is 0 Å². The third-order valence-corrected chi connectivity index (χ3v) is 9.81. The van der Waals surface area contributed by atoms with E-state index in [9.17, 15) is 0 Å². The lowest BCUT2D eigenvalue weighted by Crippen LogP contribution is -2.30. The fourth-order valence-electron chi connectivity index (χ4n) is 4.34. The van der Waals surface area contributed by atoms with E-state index in [-0.39, 0.29) is 0 Å². The number of benzene rings is 2. The van der Waals surface area contributed by atoms with Crippen molar-refractivity contribution in [2.75, 3.05) is 22.4 Å². The molecule has 190 valence electrons. The number of hydrogen-bond donors (Lipinski definition) is 0. The second-order valence-corrected chi connectivity index (χ2v) is 16.6. The van der Waals surface area contributed by atoms with Crippen LogP contribution in [0, 0.1) is 0 Å². The van der Waals surface area contributed by atoms with Crippen LogP contribution in [0.1, 0.15) is 101 Å². The monoisotopic (exact) mass is 580 g/mol. The van der Waals surface area contributed by atoms with Crippen LogP contribution < -0.4 is 9.34 Å². The molecule has 0 atom stereocenters. The number of rotatable bonds is 11. The SMILES string of the molecule is CC(C)c1cccc(C(C)C)c1N(CCN(c1c(C(C)C)cccc1C(C)C)P(Cl)Cl)P(Cl)Cl.